The first kappa shape index (κ1) is 14.1. The van der Waals surface area contributed by atoms with Crippen molar-refractivity contribution in [2.75, 3.05) is 0 Å². The number of phenols is 1. The van der Waals surface area contributed by atoms with Crippen LogP contribution in [0, 0.1) is 0 Å². The lowest BCUT2D eigenvalue weighted by molar-refractivity contribution is 0.0919. The summed E-state index contributed by atoms with van der Waals surface area (Å²) in [6.07, 6.45) is 0. The Morgan fingerprint density at radius 2 is 1.75 bits per heavy atom. The number of carbonyl (C=O) groups excluding carboxylic acids is 1. The van der Waals surface area contributed by atoms with E-state index in [4.69, 9.17) is 0 Å². The Hall–Kier alpha value is -2.29. The van der Waals surface area contributed by atoms with Gasteiger partial charge in [-0.2, -0.15) is 0 Å². The smallest absolute Gasteiger partial charge is 0.251 e. The second-order valence-electron chi connectivity index (χ2n) is 5.80. The number of phenolic OH excluding ortho intramolecular Hbond substituents is 1. The van der Waals surface area contributed by atoms with Crippen LogP contribution in [0.1, 0.15) is 31.1 Å². The van der Waals surface area contributed by atoms with Crippen LogP contribution >= 0.6 is 0 Å². The monoisotopic (exact) mass is 269 g/mol. The third-order valence-electron chi connectivity index (χ3n) is 2.83. The predicted molar refractivity (Wildman–Crippen MR) is 80.8 cm³/mol. The molecule has 0 saturated carbocycles. The van der Waals surface area contributed by atoms with Crippen LogP contribution in [-0.2, 0) is 0 Å². The van der Waals surface area contributed by atoms with Crippen LogP contribution < -0.4 is 5.32 Å². The van der Waals surface area contributed by atoms with Gasteiger partial charge in [0.25, 0.3) is 5.91 Å². The number of nitrogens with one attached hydrogen (secondary N) is 1. The Balaban J connectivity index is 2.34. The van der Waals surface area contributed by atoms with Crippen molar-refractivity contribution < 1.29 is 9.90 Å². The molecule has 0 aliphatic heterocycles. The molecule has 104 valence electrons. The standard InChI is InChI=1S/C17H19NO2/c1-17(2,3)18-16(20)13-8-6-7-12(11-13)14-9-4-5-10-15(14)19/h4-11,19H,1-3H3,(H,18,20). The maximum Gasteiger partial charge on any atom is 0.251 e. The summed E-state index contributed by atoms with van der Waals surface area (Å²) in [5, 5.41) is 12.8. The van der Waals surface area contributed by atoms with Crippen LogP contribution in [0.3, 0.4) is 0 Å². The first-order chi connectivity index (χ1) is 9.37. The molecule has 0 fully saturated rings. The topological polar surface area (TPSA) is 49.3 Å². The van der Waals surface area contributed by atoms with Crippen molar-refractivity contribution in [2.45, 2.75) is 26.3 Å². The van der Waals surface area contributed by atoms with Gasteiger partial charge in [-0.25, -0.2) is 0 Å². The van der Waals surface area contributed by atoms with Crippen molar-refractivity contribution in [3.63, 3.8) is 0 Å². The normalized spacial score (nSPS) is 11.2. The van der Waals surface area contributed by atoms with E-state index in [-0.39, 0.29) is 17.2 Å². The lowest BCUT2D eigenvalue weighted by Gasteiger charge is -2.20. The highest BCUT2D eigenvalue weighted by Crippen LogP contribution is 2.29. The zero-order valence-electron chi connectivity index (χ0n) is 12.0. The highest BCUT2D eigenvalue weighted by molar-refractivity contribution is 5.96. The zero-order valence-corrected chi connectivity index (χ0v) is 12.0. The number of hydrogen-bond donors (Lipinski definition) is 2. The van der Waals surface area contributed by atoms with Crippen molar-refractivity contribution in [3.8, 4) is 16.9 Å². The second kappa shape index (κ2) is 5.37. The number of carbonyl (C=O) groups is 1. The van der Waals surface area contributed by atoms with Gasteiger partial charge in [0.05, 0.1) is 0 Å². The molecule has 0 spiro atoms. The molecule has 20 heavy (non-hydrogen) atoms. The van der Waals surface area contributed by atoms with Gasteiger partial charge < -0.3 is 10.4 Å². The van der Waals surface area contributed by atoms with Gasteiger partial charge in [-0.05, 0) is 44.5 Å². The molecule has 2 aromatic rings. The molecule has 0 aromatic heterocycles. The molecule has 2 rings (SSSR count). The van der Waals surface area contributed by atoms with Gasteiger partial charge in [0.1, 0.15) is 5.75 Å². The number of benzene rings is 2. The largest absolute Gasteiger partial charge is 0.507 e. The van der Waals surface area contributed by atoms with Gasteiger partial charge in [-0.1, -0.05) is 30.3 Å². The fraction of sp³-hybridized carbons (Fsp3) is 0.235. The van der Waals surface area contributed by atoms with Gasteiger partial charge >= 0.3 is 0 Å². The minimum absolute atomic E-state index is 0.116. The van der Waals surface area contributed by atoms with E-state index in [0.29, 0.717) is 5.56 Å². The van der Waals surface area contributed by atoms with Crippen LogP contribution in [0.15, 0.2) is 48.5 Å². The molecule has 3 heteroatoms. The minimum Gasteiger partial charge on any atom is -0.507 e. The predicted octanol–water partition coefficient (Wildman–Crippen LogP) is 3.59. The molecule has 2 N–H and O–H groups in total. The van der Waals surface area contributed by atoms with Gasteiger partial charge in [0.2, 0.25) is 0 Å². The maximum atomic E-state index is 12.2. The number of hydrogen-bond acceptors (Lipinski definition) is 2. The van der Waals surface area contributed by atoms with Gasteiger partial charge in [-0.15, -0.1) is 0 Å². The summed E-state index contributed by atoms with van der Waals surface area (Å²) in [5.74, 6) is 0.0932. The molecule has 0 saturated heterocycles. The summed E-state index contributed by atoms with van der Waals surface area (Å²) in [5.41, 5.74) is 1.85. The highest BCUT2D eigenvalue weighted by Gasteiger charge is 2.15. The van der Waals surface area contributed by atoms with E-state index in [1.165, 1.54) is 0 Å². The Labute approximate surface area is 119 Å². The van der Waals surface area contributed by atoms with Crippen molar-refractivity contribution >= 4 is 5.91 Å². The Morgan fingerprint density at radius 1 is 1.05 bits per heavy atom. The number of para-hydroxylation sites is 1. The molecular weight excluding hydrogens is 250 g/mol. The highest BCUT2D eigenvalue weighted by atomic mass is 16.3. The third-order valence-corrected chi connectivity index (χ3v) is 2.83. The first-order valence-corrected chi connectivity index (χ1v) is 6.58. The molecule has 0 radical (unpaired) electrons. The Kier molecular flexibility index (Phi) is 3.79. The summed E-state index contributed by atoms with van der Waals surface area (Å²) in [6, 6.07) is 14.3. The third kappa shape index (κ3) is 3.38. The van der Waals surface area contributed by atoms with Crippen LogP contribution in [-0.4, -0.2) is 16.6 Å². The minimum atomic E-state index is -0.276. The van der Waals surface area contributed by atoms with E-state index in [0.717, 1.165) is 11.1 Å². The fourth-order valence-electron chi connectivity index (χ4n) is 1.96. The van der Waals surface area contributed by atoms with E-state index in [2.05, 4.69) is 5.32 Å². The quantitative estimate of drug-likeness (QED) is 0.875. The van der Waals surface area contributed by atoms with Crippen molar-refractivity contribution in [2.24, 2.45) is 0 Å². The Bertz CT molecular complexity index is 627. The molecule has 0 heterocycles. The molecule has 0 unspecified atom stereocenters. The molecule has 0 bridgehead atoms. The van der Waals surface area contributed by atoms with Crippen LogP contribution in [0.2, 0.25) is 0 Å². The van der Waals surface area contributed by atoms with Crippen LogP contribution in [0.5, 0.6) is 5.75 Å². The average Bonchev–Trinajstić information content (AvgIpc) is 2.37. The Morgan fingerprint density at radius 3 is 2.40 bits per heavy atom. The molecule has 0 aliphatic rings. The number of amides is 1. The lowest BCUT2D eigenvalue weighted by Crippen LogP contribution is -2.40. The molecule has 1 amide bonds. The molecule has 0 atom stereocenters. The summed E-state index contributed by atoms with van der Waals surface area (Å²) in [7, 11) is 0. The van der Waals surface area contributed by atoms with Crippen LogP contribution in [0.25, 0.3) is 11.1 Å². The first-order valence-electron chi connectivity index (χ1n) is 6.58. The van der Waals surface area contributed by atoms with Gasteiger partial charge in [0.15, 0.2) is 0 Å². The van der Waals surface area contributed by atoms with E-state index in [9.17, 15) is 9.90 Å². The SMILES string of the molecule is CC(C)(C)NC(=O)c1cccc(-c2ccccc2O)c1. The molecule has 0 aliphatic carbocycles. The second-order valence-corrected chi connectivity index (χ2v) is 5.80. The fourth-order valence-corrected chi connectivity index (χ4v) is 1.96. The lowest BCUT2D eigenvalue weighted by atomic mass is 10.0. The number of aromatic hydroxyl groups is 1. The molecule has 3 nitrogen and oxygen atoms in total. The zero-order chi connectivity index (χ0) is 14.8. The van der Waals surface area contributed by atoms with Crippen molar-refractivity contribution in [3.05, 3.63) is 54.1 Å². The van der Waals surface area contributed by atoms with Crippen LogP contribution in [0.4, 0.5) is 0 Å². The van der Waals surface area contributed by atoms with Gasteiger partial charge in [-0.3, -0.25) is 4.79 Å². The van der Waals surface area contributed by atoms with E-state index in [1.54, 1.807) is 24.3 Å². The molecule has 2 aromatic carbocycles. The molecular formula is C17H19NO2. The summed E-state index contributed by atoms with van der Waals surface area (Å²) < 4.78 is 0. The average molecular weight is 269 g/mol. The van der Waals surface area contributed by atoms with Crippen molar-refractivity contribution in [1.29, 1.82) is 0 Å². The number of rotatable bonds is 2. The summed E-state index contributed by atoms with van der Waals surface area (Å²) >= 11 is 0. The van der Waals surface area contributed by atoms with Crippen molar-refractivity contribution in [1.82, 2.24) is 5.32 Å². The van der Waals surface area contributed by atoms with E-state index >= 15 is 0 Å². The maximum absolute atomic E-state index is 12.2. The van der Waals surface area contributed by atoms with E-state index < -0.39 is 0 Å². The summed E-state index contributed by atoms with van der Waals surface area (Å²) in [6.45, 7) is 5.83. The van der Waals surface area contributed by atoms with E-state index in [1.807, 2.05) is 45.0 Å². The summed E-state index contributed by atoms with van der Waals surface area (Å²) in [4.78, 5) is 12.2. The van der Waals surface area contributed by atoms with Gasteiger partial charge in [0, 0.05) is 16.7 Å².